The molecule has 8 nitrogen and oxygen atoms in total. The van der Waals surface area contributed by atoms with E-state index in [-0.39, 0.29) is 17.3 Å². The van der Waals surface area contributed by atoms with Crippen molar-refractivity contribution in [3.05, 3.63) is 23.8 Å². The predicted molar refractivity (Wildman–Crippen MR) is 90.2 cm³/mol. The summed E-state index contributed by atoms with van der Waals surface area (Å²) in [6, 6.07) is -0.494. The van der Waals surface area contributed by atoms with Gasteiger partial charge in [-0.3, -0.25) is 9.59 Å². The standard InChI is InChI=1S/C14H16N4O4S2/c19-12(9-5-16-10(6-15-9)14(21)22)18-8-24-7-11(18)13(20)17-1-3-23-4-2-17/h5-6,11H,1-4,7-8H2,(H,21,22). The quantitative estimate of drug-likeness (QED) is 0.811. The van der Waals surface area contributed by atoms with Crippen LogP contribution in [0.15, 0.2) is 12.4 Å². The van der Waals surface area contributed by atoms with Gasteiger partial charge in [0.2, 0.25) is 5.91 Å². The van der Waals surface area contributed by atoms with Crippen LogP contribution >= 0.6 is 23.5 Å². The minimum atomic E-state index is -1.20. The van der Waals surface area contributed by atoms with Crippen LogP contribution in [0.25, 0.3) is 0 Å². The third kappa shape index (κ3) is 3.48. The van der Waals surface area contributed by atoms with Crippen LogP contribution in [0.4, 0.5) is 0 Å². The maximum atomic E-state index is 12.7. The minimum Gasteiger partial charge on any atom is -0.476 e. The highest BCUT2D eigenvalue weighted by Crippen LogP contribution is 2.25. The number of carboxylic acid groups (broad SMARTS) is 1. The van der Waals surface area contributed by atoms with Crippen LogP contribution < -0.4 is 0 Å². The number of aromatic carboxylic acids is 1. The summed E-state index contributed by atoms with van der Waals surface area (Å²) in [4.78, 5) is 47.0. The van der Waals surface area contributed by atoms with Gasteiger partial charge in [-0.05, 0) is 0 Å². The molecule has 24 heavy (non-hydrogen) atoms. The number of nitrogens with zero attached hydrogens (tertiary/aromatic N) is 4. The van der Waals surface area contributed by atoms with E-state index in [4.69, 9.17) is 5.11 Å². The van der Waals surface area contributed by atoms with Crippen LogP contribution in [-0.4, -0.2) is 84.9 Å². The van der Waals surface area contributed by atoms with Gasteiger partial charge in [0.25, 0.3) is 5.91 Å². The molecule has 2 amide bonds. The average Bonchev–Trinajstić information content (AvgIpc) is 3.11. The molecule has 1 aromatic rings. The van der Waals surface area contributed by atoms with Crippen LogP contribution in [0.2, 0.25) is 0 Å². The predicted octanol–water partition coefficient (Wildman–Crippen LogP) is 0.265. The first-order valence-corrected chi connectivity index (χ1v) is 9.69. The summed E-state index contributed by atoms with van der Waals surface area (Å²) in [6.07, 6.45) is 2.20. The topological polar surface area (TPSA) is 104 Å². The fourth-order valence-corrected chi connectivity index (χ4v) is 4.59. The Morgan fingerprint density at radius 1 is 1.08 bits per heavy atom. The van der Waals surface area contributed by atoms with Crippen LogP contribution in [0.1, 0.15) is 21.0 Å². The molecule has 1 N–H and O–H groups in total. The van der Waals surface area contributed by atoms with Crippen molar-refractivity contribution in [2.24, 2.45) is 0 Å². The Balaban J connectivity index is 1.73. The molecule has 0 bridgehead atoms. The van der Waals surface area contributed by atoms with Crippen molar-refractivity contribution in [2.45, 2.75) is 6.04 Å². The number of rotatable bonds is 3. The van der Waals surface area contributed by atoms with E-state index in [1.165, 1.54) is 16.7 Å². The average molecular weight is 368 g/mol. The highest BCUT2D eigenvalue weighted by Gasteiger charge is 2.38. The second-order valence-electron chi connectivity index (χ2n) is 5.32. The summed E-state index contributed by atoms with van der Waals surface area (Å²) in [5.74, 6) is 1.20. The number of carbonyl (C=O) groups excluding carboxylic acids is 2. The highest BCUT2D eigenvalue weighted by atomic mass is 32.2. The Hall–Kier alpha value is -1.81. The van der Waals surface area contributed by atoms with Gasteiger partial charge in [-0.15, -0.1) is 11.8 Å². The summed E-state index contributed by atoms with van der Waals surface area (Å²) in [6.45, 7) is 1.42. The zero-order chi connectivity index (χ0) is 17.1. The summed E-state index contributed by atoms with van der Waals surface area (Å²) < 4.78 is 0. The SMILES string of the molecule is O=C(O)c1cnc(C(=O)N2CSCC2C(=O)N2CCSCC2)cn1. The van der Waals surface area contributed by atoms with E-state index in [2.05, 4.69) is 9.97 Å². The van der Waals surface area contributed by atoms with Crippen molar-refractivity contribution in [3.63, 3.8) is 0 Å². The molecule has 0 radical (unpaired) electrons. The van der Waals surface area contributed by atoms with E-state index in [9.17, 15) is 14.4 Å². The number of amides is 2. The number of carbonyl (C=O) groups is 3. The fraction of sp³-hybridized carbons (Fsp3) is 0.500. The second kappa shape index (κ2) is 7.39. The van der Waals surface area contributed by atoms with Gasteiger partial charge in [-0.2, -0.15) is 11.8 Å². The maximum absolute atomic E-state index is 12.7. The van der Waals surface area contributed by atoms with Gasteiger partial charge < -0.3 is 14.9 Å². The van der Waals surface area contributed by atoms with Crippen molar-refractivity contribution in [2.75, 3.05) is 36.2 Å². The molecule has 2 saturated heterocycles. The van der Waals surface area contributed by atoms with Gasteiger partial charge in [0.1, 0.15) is 11.7 Å². The Labute approximate surface area is 147 Å². The van der Waals surface area contributed by atoms with Gasteiger partial charge in [0.15, 0.2) is 5.69 Å². The number of thioether (sulfide) groups is 2. The molecule has 2 aliphatic rings. The zero-order valence-corrected chi connectivity index (χ0v) is 14.4. The second-order valence-corrected chi connectivity index (χ2v) is 7.54. The van der Waals surface area contributed by atoms with Crippen molar-refractivity contribution in [1.82, 2.24) is 19.8 Å². The first-order valence-electron chi connectivity index (χ1n) is 7.38. The van der Waals surface area contributed by atoms with E-state index in [0.717, 1.165) is 23.9 Å². The molecule has 2 fully saturated rings. The molecule has 1 unspecified atom stereocenters. The first-order chi connectivity index (χ1) is 11.6. The molecule has 1 aromatic heterocycles. The summed E-state index contributed by atoms with van der Waals surface area (Å²) in [5.41, 5.74) is -0.171. The highest BCUT2D eigenvalue weighted by molar-refractivity contribution is 7.99. The lowest BCUT2D eigenvalue weighted by Gasteiger charge is -2.31. The Kier molecular flexibility index (Phi) is 5.24. The van der Waals surface area contributed by atoms with E-state index >= 15 is 0 Å². The summed E-state index contributed by atoms with van der Waals surface area (Å²) in [5, 5.41) is 8.83. The monoisotopic (exact) mass is 368 g/mol. The minimum absolute atomic E-state index is 0.0243. The molecule has 10 heteroatoms. The molecular formula is C14H16N4O4S2. The van der Waals surface area contributed by atoms with Crippen molar-refractivity contribution in [3.8, 4) is 0 Å². The molecule has 0 saturated carbocycles. The largest absolute Gasteiger partial charge is 0.476 e. The third-order valence-corrected chi connectivity index (χ3v) is 5.80. The maximum Gasteiger partial charge on any atom is 0.356 e. The lowest BCUT2D eigenvalue weighted by Crippen LogP contribution is -2.51. The Morgan fingerprint density at radius 2 is 1.75 bits per heavy atom. The summed E-state index contributed by atoms with van der Waals surface area (Å²) >= 11 is 3.34. The molecule has 0 aliphatic carbocycles. The number of hydrogen-bond acceptors (Lipinski definition) is 7. The van der Waals surface area contributed by atoms with Crippen LogP contribution in [0, 0.1) is 0 Å². The molecule has 1 atom stereocenters. The van der Waals surface area contributed by atoms with E-state index in [0.29, 0.717) is 24.7 Å². The number of hydrogen-bond donors (Lipinski definition) is 1. The van der Waals surface area contributed by atoms with Gasteiger partial charge in [-0.25, -0.2) is 14.8 Å². The molecule has 3 heterocycles. The smallest absolute Gasteiger partial charge is 0.356 e. The Bertz CT molecular complexity index is 649. The van der Waals surface area contributed by atoms with Crippen LogP contribution in [0.5, 0.6) is 0 Å². The van der Waals surface area contributed by atoms with Gasteiger partial charge in [0, 0.05) is 30.3 Å². The van der Waals surface area contributed by atoms with Crippen molar-refractivity contribution in [1.29, 1.82) is 0 Å². The lowest BCUT2D eigenvalue weighted by atomic mass is 10.2. The van der Waals surface area contributed by atoms with Crippen molar-refractivity contribution < 1.29 is 19.5 Å². The fourth-order valence-electron chi connectivity index (χ4n) is 2.54. The Morgan fingerprint density at radius 3 is 2.38 bits per heavy atom. The van der Waals surface area contributed by atoms with Crippen LogP contribution in [0.3, 0.4) is 0 Å². The summed E-state index contributed by atoms with van der Waals surface area (Å²) in [7, 11) is 0. The molecule has 0 aromatic carbocycles. The lowest BCUT2D eigenvalue weighted by molar-refractivity contribution is -0.134. The van der Waals surface area contributed by atoms with Gasteiger partial charge in [-0.1, -0.05) is 0 Å². The molecule has 0 spiro atoms. The number of carboxylic acids is 1. The third-order valence-electron chi connectivity index (χ3n) is 3.84. The molecular weight excluding hydrogens is 352 g/mol. The van der Waals surface area contributed by atoms with E-state index < -0.39 is 17.9 Å². The van der Waals surface area contributed by atoms with E-state index in [1.54, 1.807) is 0 Å². The first kappa shape index (κ1) is 17.0. The van der Waals surface area contributed by atoms with Gasteiger partial charge >= 0.3 is 5.97 Å². The molecule has 128 valence electrons. The van der Waals surface area contributed by atoms with Gasteiger partial charge in [0.05, 0.1) is 18.3 Å². The number of aromatic nitrogens is 2. The van der Waals surface area contributed by atoms with Crippen LogP contribution in [-0.2, 0) is 4.79 Å². The zero-order valence-electron chi connectivity index (χ0n) is 12.8. The molecule has 3 rings (SSSR count). The molecule has 2 aliphatic heterocycles. The van der Waals surface area contributed by atoms with E-state index in [1.807, 2.05) is 16.7 Å². The van der Waals surface area contributed by atoms with Crippen molar-refractivity contribution >= 4 is 41.3 Å². The normalized spacial score (nSPS) is 20.9.